The summed E-state index contributed by atoms with van der Waals surface area (Å²) in [6, 6.07) is 8.35. The topological polar surface area (TPSA) is 59.6 Å². The summed E-state index contributed by atoms with van der Waals surface area (Å²) in [7, 11) is 1.69. The average molecular weight is 292 g/mol. The first-order chi connectivity index (χ1) is 9.89. The van der Waals surface area contributed by atoms with Crippen molar-refractivity contribution in [2.24, 2.45) is 0 Å². The summed E-state index contributed by atoms with van der Waals surface area (Å²) >= 11 is 0. The molecule has 1 aliphatic rings. The highest BCUT2D eigenvalue weighted by atomic mass is 16.6. The first kappa shape index (κ1) is 15.6. The highest BCUT2D eigenvalue weighted by Crippen LogP contribution is 2.40. The van der Waals surface area contributed by atoms with E-state index in [9.17, 15) is 4.79 Å². The van der Waals surface area contributed by atoms with Crippen LogP contribution in [-0.2, 0) is 4.74 Å². The van der Waals surface area contributed by atoms with Gasteiger partial charge in [0, 0.05) is 6.04 Å². The van der Waals surface area contributed by atoms with Gasteiger partial charge in [-0.15, -0.1) is 0 Å². The van der Waals surface area contributed by atoms with E-state index in [1.54, 1.807) is 7.11 Å². The maximum atomic E-state index is 11.5. The molecular formula is C16H24N2O3. The fourth-order valence-corrected chi connectivity index (χ4v) is 2.46. The third-order valence-electron chi connectivity index (χ3n) is 3.49. The molecule has 1 fully saturated rings. The Morgan fingerprint density at radius 1 is 1.24 bits per heavy atom. The Balaban J connectivity index is 1.76. The second kappa shape index (κ2) is 6.35. The van der Waals surface area contributed by atoms with E-state index in [2.05, 4.69) is 16.9 Å². The molecule has 1 amide bonds. The summed E-state index contributed by atoms with van der Waals surface area (Å²) < 4.78 is 10.6. The van der Waals surface area contributed by atoms with Crippen LogP contribution in [0, 0.1) is 0 Å². The summed E-state index contributed by atoms with van der Waals surface area (Å²) in [6.45, 7) is 5.52. The van der Waals surface area contributed by atoms with Gasteiger partial charge in [-0.3, -0.25) is 5.43 Å². The Bertz CT molecular complexity index is 491. The molecule has 21 heavy (non-hydrogen) atoms. The zero-order chi connectivity index (χ0) is 15.5. The van der Waals surface area contributed by atoms with Crippen LogP contribution >= 0.6 is 0 Å². The maximum Gasteiger partial charge on any atom is 0.422 e. The number of nitrogens with one attached hydrogen (secondary N) is 2. The molecule has 116 valence electrons. The molecule has 0 heterocycles. The molecule has 0 saturated heterocycles. The molecule has 1 saturated carbocycles. The number of methoxy groups -OCH3 is 1. The average Bonchev–Trinajstić information content (AvgIpc) is 2.35. The minimum Gasteiger partial charge on any atom is -0.496 e. The van der Waals surface area contributed by atoms with Crippen molar-refractivity contribution in [1.82, 2.24) is 10.9 Å². The second-order valence-corrected chi connectivity index (χ2v) is 6.38. The van der Waals surface area contributed by atoms with Crippen LogP contribution in [0.2, 0.25) is 0 Å². The van der Waals surface area contributed by atoms with Gasteiger partial charge in [0.25, 0.3) is 0 Å². The Hall–Kier alpha value is -1.75. The van der Waals surface area contributed by atoms with E-state index >= 15 is 0 Å². The van der Waals surface area contributed by atoms with Crippen molar-refractivity contribution in [1.29, 1.82) is 0 Å². The SMILES string of the molecule is COc1ccccc1C1CC(NNC(=O)OC(C)(C)C)C1. The summed E-state index contributed by atoms with van der Waals surface area (Å²) in [5.74, 6) is 1.40. The van der Waals surface area contributed by atoms with E-state index in [4.69, 9.17) is 9.47 Å². The van der Waals surface area contributed by atoms with Crippen molar-refractivity contribution < 1.29 is 14.3 Å². The zero-order valence-corrected chi connectivity index (χ0v) is 13.1. The minimum atomic E-state index is -0.481. The summed E-state index contributed by atoms with van der Waals surface area (Å²) in [6.07, 6.45) is 1.50. The van der Waals surface area contributed by atoms with Gasteiger partial charge in [0.05, 0.1) is 7.11 Å². The number of hydrazine groups is 1. The number of carbonyl (C=O) groups is 1. The van der Waals surface area contributed by atoms with Crippen molar-refractivity contribution in [3.05, 3.63) is 29.8 Å². The predicted molar refractivity (Wildman–Crippen MR) is 81.3 cm³/mol. The molecule has 1 aromatic rings. The zero-order valence-electron chi connectivity index (χ0n) is 13.1. The highest BCUT2D eigenvalue weighted by Gasteiger charge is 2.32. The molecule has 2 N–H and O–H groups in total. The lowest BCUT2D eigenvalue weighted by Gasteiger charge is -2.36. The van der Waals surface area contributed by atoms with Crippen LogP contribution in [-0.4, -0.2) is 24.8 Å². The van der Waals surface area contributed by atoms with Crippen LogP contribution in [0.4, 0.5) is 4.79 Å². The molecule has 5 nitrogen and oxygen atoms in total. The van der Waals surface area contributed by atoms with Crippen molar-refractivity contribution in [2.75, 3.05) is 7.11 Å². The van der Waals surface area contributed by atoms with Crippen molar-refractivity contribution in [3.63, 3.8) is 0 Å². The van der Waals surface area contributed by atoms with Gasteiger partial charge in [-0.25, -0.2) is 10.2 Å². The number of hydrogen-bond donors (Lipinski definition) is 2. The lowest BCUT2D eigenvalue weighted by Crippen LogP contribution is -2.50. The van der Waals surface area contributed by atoms with Gasteiger partial charge in [0.15, 0.2) is 0 Å². The van der Waals surface area contributed by atoms with Gasteiger partial charge >= 0.3 is 6.09 Å². The molecule has 1 aliphatic carbocycles. The van der Waals surface area contributed by atoms with Gasteiger partial charge in [-0.05, 0) is 51.2 Å². The molecule has 0 radical (unpaired) electrons. The standard InChI is InChI=1S/C16H24N2O3/c1-16(2,3)21-15(19)18-17-12-9-11(10-12)13-7-5-6-8-14(13)20-4/h5-8,11-12,17H,9-10H2,1-4H3,(H,18,19). The fourth-order valence-electron chi connectivity index (χ4n) is 2.46. The Labute approximate surface area is 126 Å². The third kappa shape index (κ3) is 4.36. The van der Waals surface area contributed by atoms with E-state index in [-0.39, 0.29) is 6.04 Å². The molecular weight excluding hydrogens is 268 g/mol. The summed E-state index contributed by atoms with van der Waals surface area (Å²) in [5.41, 5.74) is 6.36. The van der Waals surface area contributed by atoms with E-state index in [1.165, 1.54) is 5.56 Å². The van der Waals surface area contributed by atoms with Crippen LogP contribution in [0.25, 0.3) is 0 Å². The van der Waals surface area contributed by atoms with Gasteiger partial charge in [-0.2, -0.15) is 0 Å². The van der Waals surface area contributed by atoms with Crippen LogP contribution in [0.15, 0.2) is 24.3 Å². The Morgan fingerprint density at radius 2 is 1.90 bits per heavy atom. The quantitative estimate of drug-likeness (QED) is 0.838. The van der Waals surface area contributed by atoms with Gasteiger partial charge in [0.1, 0.15) is 11.4 Å². The predicted octanol–water partition coefficient (Wildman–Crippen LogP) is 2.97. The number of ether oxygens (including phenoxy) is 2. The number of hydrogen-bond acceptors (Lipinski definition) is 4. The summed E-state index contributed by atoms with van der Waals surface area (Å²) in [5, 5.41) is 0. The lowest BCUT2D eigenvalue weighted by molar-refractivity contribution is 0.0471. The van der Waals surface area contributed by atoms with Gasteiger partial charge < -0.3 is 9.47 Å². The molecule has 0 unspecified atom stereocenters. The highest BCUT2D eigenvalue weighted by molar-refractivity contribution is 5.67. The first-order valence-corrected chi connectivity index (χ1v) is 7.26. The monoisotopic (exact) mass is 292 g/mol. The van der Waals surface area contributed by atoms with E-state index < -0.39 is 11.7 Å². The molecule has 0 bridgehead atoms. The summed E-state index contributed by atoms with van der Waals surface area (Å²) in [4.78, 5) is 11.5. The Morgan fingerprint density at radius 3 is 2.52 bits per heavy atom. The third-order valence-corrected chi connectivity index (χ3v) is 3.49. The number of amides is 1. The molecule has 1 aromatic carbocycles. The van der Waals surface area contributed by atoms with Crippen LogP contribution in [0.5, 0.6) is 5.75 Å². The number of carbonyl (C=O) groups excluding carboxylic acids is 1. The Kier molecular flexibility index (Phi) is 4.73. The normalized spacial score (nSPS) is 21.3. The lowest BCUT2D eigenvalue weighted by atomic mass is 9.76. The fraction of sp³-hybridized carbons (Fsp3) is 0.562. The van der Waals surface area contributed by atoms with Crippen molar-refractivity contribution in [2.45, 2.75) is 51.2 Å². The molecule has 0 spiro atoms. The van der Waals surface area contributed by atoms with E-state index in [0.29, 0.717) is 5.92 Å². The van der Waals surface area contributed by atoms with Crippen LogP contribution in [0.1, 0.15) is 45.1 Å². The first-order valence-electron chi connectivity index (χ1n) is 7.26. The number of benzene rings is 1. The maximum absolute atomic E-state index is 11.5. The smallest absolute Gasteiger partial charge is 0.422 e. The van der Waals surface area contributed by atoms with Crippen molar-refractivity contribution in [3.8, 4) is 5.75 Å². The second-order valence-electron chi connectivity index (χ2n) is 6.38. The number of para-hydroxylation sites is 1. The number of rotatable bonds is 4. The molecule has 0 atom stereocenters. The van der Waals surface area contributed by atoms with Crippen molar-refractivity contribution >= 4 is 6.09 Å². The van der Waals surface area contributed by atoms with Crippen LogP contribution in [0.3, 0.4) is 0 Å². The molecule has 0 aromatic heterocycles. The van der Waals surface area contributed by atoms with Gasteiger partial charge in [0.2, 0.25) is 0 Å². The molecule has 0 aliphatic heterocycles. The van der Waals surface area contributed by atoms with E-state index in [1.807, 2.05) is 39.0 Å². The van der Waals surface area contributed by atoms with E-state index in [0.717, 1.165) is 18.6 Å². The largest absolute Gasteiger partial charge is 0.496 e. The van der Waals surface area contributed by atoms with Gasteiger partial charge in [-0.1, -0.05) is 18.2 Å². The molecule has 5 heteroatoms. The minimum absolute atomic E-state index is 0.271. The van der Waals surface area contributed by atoms with Crippen LogP contribution < -0.4 is 15.6 Å². The molecule has 2 rings (SSSR count).